The number of anilines is 2. The average molecular weight is 555 g/mol. The van der Waals surface area contributed by atoms with Crippen LogP contribution in [0, 0.1) is 5.41 Å². The fraction of sp³-hybridized carbons (Fsp3) is 0.433. The first-order valence-corrected chi connectivity index (χ1v) is 13.3. The van der Waals surface area contributed by atoms with Crippen molar-refractivity contribution in [3.05, 3.63) is 58.1 Å². The number of rotatable bonds is 14. The Morgan fingerprint density at radius 1 is 0.675 bits per heavy atom. The molecule has 0 aliphatic heterocycles. The lowest BCUT2D eigenvalue weighted by molar-refractivity contribution is 0.0677. The van der Waals surface area contributed by atoms with Gasteiger partial charge in [0.2, 0.25) is 0 Å². The molecular formula is C30H38N2O8. The molecule has 0 bridgehead atoms. The van der Waals surface area contributed by atoms with E-state index in [1.54, 1.807) is 13.8 Å². The Labute approximate surface area is 233 Å². The predicted octanol–water partition coefficient (Wildman–Crippen LogP) is 6.42. The molecule has 0 saturated heterocycles. The summed E-state index contributed by atoms with van der Waals surface area (Å²) in [7, 11) is 0. The molecule has 1 amide bonds. The van der Waals surface area contributed by atoms with Crippen molar-refractivity contribution in [1.82, 2.24) is 0 Å². The second kappa shape index (κ2) is 12.8. The third-order valence-electron chi connectivity index (χ3n) is 7.06. The van der Waals surface area contributed by atoms with Gasteiger partial charge in [0, 0.05) is 27.9 Å². The summed E-state index contributed by atoms with van der Waals surface area (Å²) in [5.41, 5.74) is -2.69. The SMILES string of the molecule is CCCC(C)(CC)Nc1cc(NC(=O)c2cc(C(=O)C(C)(C)CCC)c(C(=O)O)cc2C(=O)O)cc(C(=O)O)c1. The van der Waals surface area contributed by atoms with E-state index in [4.69, 9.17) is 0 Å². The number of hydrogen-bond acceptors (Lipinski definition) is 6. The quantitative estimate of drug-likeness (QED) is 0.165. The van der Waals surface area contributed by atoms with Crippen molar-refractivity contribution >= 4 is 41.0 Å². The van der Waals surface area contributed by atoms with Gasteiger partial charge >= 0.3 is 17.9 Å². The molecule has 5 N–H and O–H groups in total. The standard InChI is InChI=1S/C30H38N2O8/c1-7-10-29(4,5)24(33)20-15-21(23(28(39)40)16-22(20)27(37)38)25(34)31-18-12-17(26(35)36)13-19(14-18)32-30(6,9-3)11-8-2/h12-16,32H,7-11H2,1-6H3,(H,31,34)(H,35,36)(H,37,38)(H,39,40). The van der Waals surface area contributed by atoms with Crippen LogP contribution in [0.3, 0.4) is 0 Å². The monoisotopic (exact) mass is 554 g/mol. The molecule has 0 spiro atoms. The zero-order valence-electron chi connectivity index (χ0n) is 23.8. The number of benzene rings is 2. The lowest BCUT2D eigenvalue weighted by Gasteiger charge is -2.31. The van der Waals surface area contributed by atoms with E-state index in [1.807, 2.05) is 27.7 Å². The smallest absolute Gasteiger partial charge is 0.336 e. The molecule has 0 fully saturated rings. The molecule has 40 heavy (non-hydrogen) atoms. The first-order chi connectivity index (χ1) is 18.6. The van der Waals surface area contributed by atoms with Crippen LogP contribution in [0.1, 0.15) is 125 Å². The molecular weight excluding hydrogens is 516 g/mol. The Bertz CT molecular complexity index is 1330. The number of carboxylic acids is 3. The molecule has 0 aliphatic carbocycles. The highest BCUT2D eigenvalue weighted by atomic mass is 16.4. The molecule has 1 atom stereocenters. The van der Waals surface area contributed by atoms with Gasteiger partial charge in [-0.05, 0) is 56.5 Å². The van der Waals surface area contributed by atoms with Gasteiger partial charge in [0.15, 0.2) is 5.78 Å². The summed E-state index contributed by atoms with van der Waals surface area (Å²) < 4.78 is 0. The van der Waals surface area contributed by atoms with Crippen LogP contribution in [0.4, 0.5) is 11.4 Å². The summed E-state index contributed by atoms with van der Waals surface area (Å²) in [5, 5.41) is 35.0. The van der Waals surface area contributed by atoms with Gasteiger partial charge in [-0.15, -0.1) is 0 Å². The third kappa shape index (κ3) is 7.46. The maximum absolute atomic E-state index is 13.4. The number of carbonyl (C=O) groups is 5. The summed E-state index contributed by atoms with van der Waals surface area (Å²) in [6.45, 7) is 11.2. The van der Waals surface area contributed by atoms with Crippen LogP contribution in [0.15, 0.2) is 30.3 Å². The van der Waals surface area contributed by atoms with E-state index >= 15 is 0 Å². The van der Waals surface area contributed by atoms with Crippen molar-refractivity contribution in [2.45, 2.75) is 79.2 Å². The lowest BCUT2D eigenvalue weighted by Crippen LogP contribution is -2.33. The number of nitrogens with one attached hydrogen (secondary N) is 2. The maximum Gasteiger partial charge on any atom is 0.336 e. The summed E-state index contributed by atoms with van der Waals surface area (Å²) in [5.74, 6) is -5.75. The highest BCUT2D eigenvalue weighted by Crippen LogP contribution is 2.32. The average Bonchev–Trinajstić information content (AvgIpc) is 2.87. The van der Waals surface area contributed by atoms with Crippen LogP contribution in [0.25, 0.3) is 0 Å². The second-order valence-corrected chi connectivity index (χ2v) is 10.9. The number of aromatic carboxylic acids is 3. The normalized spacial score (nSPS) is 12.8. The summed E-state index contributed by atoms with van der Waals surface area (Å²) >= 11 is 0. The molecule has 2 aromatic carbocycles. The molecule has 2 aromatic rings. The zero-order valence-corrected chi connectivity index (χ0v) is 23.8. The van der Waals surface area contributed by atoms with Crippen molar-refractivity contribution in [2.24, 2.45) is 5.41 Å². The Balaban J connectivity index is 2.65. The molecule has 10 heteroatoms. The fourth-order valence-corrected chi connectivity index (χ4v) is 4.75. The number of hydrogen-bond donors (Lipinski definition) is 5. The number of carbonyl (C=O) groups excluding carboxylic acids is 2. The van der Waals surface area contributed by atoms with Gasteiger partial charge in [-0.2, -0.15) is 0 Å². The summed E-state index contributed by atoms with van der Waals surface area (Å²) in [6, 6.07) is 6.02. The van der Waals surface area contributed by atoms with E-state index in [1.165, 1.54) is 18.2 Å². The number of amides is 1. The largest absolute Gasteiger partial charge is 0.478 e. The van der Waals surface area contributed by atoms with Crippen molar-refractivity contribution in [1.29, 1.82) is 0 Å². The molecule has 1 unspecified atom stereocenters. The Morgan fingerprint density at radius 2 is 1.20 bits per heavy atom. The van der Waals surface area contributed by atoms with Gasteiger partial charge < -0.3 is 26.0 Å². The van der Waals surface area contributed by atoms with E-state index < -0.39 is 51.7 Å². The molecule has 0 heterocycles. The van der Waals surface area contributed by atoms with Crippen molar-refractivity contribution in [3.63, 3.8) is 0 Å². The zero-order chi connectivity index (χ0) is 30.4. The summed E-state index contributed by atoms with van der Waals surface area (Å²) in [4.78, 5) is 62.6. The van der Waals surface area contributed by atoms with Gasteiger partial charge in [-0.25, -0.2) is 14.4 Å². The van der Waals surface area contributed by atoms with Crippen LogP contribution in [-0.2, 0) is 0 Å². The number of Topliss-reactive ketones (excluding diaryl/α,β-unsaturated/α-hetero) is 1. The third-order valence-corrected chi connectivity index (χ3v) is 7.06. The van der Waals surface area contributed by atoms with Gasteiger partial charge in [-0.1, -0.05) is 47.5 Å². The van der Waals surface area contributed by atoms with Crippen LogP contribution < -0.4 is 10.6 Å². The highest BCUT2D eigenvalue weighted by Gasteiger charge is 2.33. The fourth-order valence-electron chi connectivity index (χ4n) is 4.75. The molecule has 216 valence electrons. The molecule has 10 nitrogen and oxygen atoms in total. The van der Waals surface area contributed by atoms with E-state index in [0.717, 1.165) is 31.4 Å². The van der Waals surface area contributed by atoms with Gasteiger partial charge in [0.05, 0.1) is 22.3 Å². The Kier molecular flexibility index (Phi) is 10.2. The highest BCUT2D eigenvalue weighted by molar-refractivity contribution is 6.16. The predicted molar refractivity (Wildman–Crippen MR) is 152 cm³/mol. The molecule has 0 radical (unpaired) electrons. The topological polar surface area (TPSA) is 170 Å². The van der Waals surface area contributed by atoms with Gasteiger partial charge in [-0.3, -0.25) is 9.59 Å². The minimum atomic E-state index is -1.56. The maximum atomic E-state index is 13.4. The Morgan fingerprint density at radius 3 is 1.70 bits per heavy atom. The van der Waals surface area contributed by atoms with Gasteiger partial charge in [0.1, 0.15) is 0 Å². The van der Waals surface area contributed by atoms with Crippen molar-refractivity contribution < 1.29 is 39.3 Å². The molecule has 0 aromatic heterocycles. The second-order valence-electron chi connectivity index (χ2n) is 10.9. The van der Waals surface area contributed by atoms with Crippen LogP contribution in [0.5, 0.6) is 0 Å². The lowest BCUT2D eigenvalue weighted by atomic mass is 9.78. The van der Waals surface area contributed by atoms with E-state index in [-0.39, 0.29) is 22.4 Å². The molecule has 0 aliphatic rings. The van der Waals surface area contributed by atoms with Crippen molar-refractivity contribution in [2.75, 3.05) is 10.6 Å². The first-order valence-electron chi connectivity index (χ1n) is 13.3. The number of ketones is 1. The van der Waals surface area contributed by atoms with Crippen LogP contribution in [-0.4, -0.2) is 50.5 Å². The van der Waals surface area contributed by atoms with E-state index in [9.17, 15) is 39.3 Å². The van der Waals surface area contributed by atoms with E-state index in [0.29, 0.717) is 18.5 Å². The first kappa shape index (κ1) is 32.0. The minimum Gasteiger partial charge on any atom is -0.478 e. The van der Waals surface area contributed by atoms with Gasteiger partial charge in [0.25, 0.3) is 5.91 Å². The molecule has 0 saturated carbocycles. The van der Waals surface area contributed by atoms with E-state index in [2.05, 4.69) is 10.6 Å². The minimum absolute atomic E-state index is 0.0835. The summed E-state index contributed by atoms with van der Waals surface area (Å²) in [6.07, 6.45) is 3.54. The van der Waals surface area contributed by atoms with Crippen LogP contribution in [0.2, 0.25) is 0 Å². The Hall–Kier alpha value is -4.21. The van der Waals surface area contributed by atoms with Crippen molar-refractivity contribution in [3.8, 4) is 0 Å². The van der Waals surface area contributed by atoms with Crippen LogP contribution >= 0.6 is 0 Å². The molecule has 2 rings (SSSR count). The number of carboxylic acid groups (broad SMARTS) is 3.